The number of hydrogen-bond acceptors (Lipinski definition) is 5. The largest absolute Gasteiger partial charge is 0.497 e. The first kappa shape index (κ1) is 27.1. The zero-order chi connectivity index (χ0) is 25.9. The lowest BCUT2D eigenvalue weighted by Crippen LogP contribution is -2.41. The zero-order valence-electron chi connectivity index (χ0n) is 22.1. The van der Waals surface area contributed by atoms with Gasteiger partial charge in [0.15, 0.2) is 0 Å². The summed E-state index contributed by atoms with van der Waals surface area (Å²) < 4.78 is 5.43. The molecular weight excluding hydrogens is 462 g/mol. The van der Waals surface area contributed by atoms with Gasteiger partial charge in [-0.25, -0.2) is 0 Å². The van der Waals surface area contributed by atoms with Gasteiger partial charge in [0.1, 0.15) is 5.75 Å². The number of carboxylic acids is 1. The van der Waals surface area contributed by atoms with Gasteiger partial charge in [-0.15, -0.1) is 0 Å². The van der Waals surface area contributed by atoms with Gasteiger partial charge in [-0.1, -0.05) is 6.42 Å². The highest BCUT2D eigenvalue weighted by Crippen LogP contribution is 2.32. The third kappa shape index (κ3) is 8.26. The Hall–Kier alpha value is -2.99. The number of benzene rings is 1. The van der Waals surface area contributed by atoms with E-state index in [9.17, 15) is 9.90 Å². The maximum atomic E-state index is 11.3. The van der Waals surface area contributed by atoms with Crippen molar-refractivity contribution in [3.05, 3.63) is 66.1 Å². The second-order valence-corrected chi connectivity index (χ2v) is 10.5. The molecule has 1 aromatic carbocycles. The Bertz CT molecular complexity index is 1120. The average molecular weight is 504 g/mol. The minimum absolute atomic E-state index is 0.274. The molecule has 1 aliphatic rings. The number of likely N-dealkylation sites (tertiary alicyclic amines) is 1. The highest BCUT2D eigenvalue weighted by Gasteiger charge is 2.29. The highest BCUT2D eigenvalue weighted by atomic mass is 16.5. The van der Waals surface area contributed by atoms with Gasteiger partial charge in [-0.05, 0) is 124 Å². The predicted octanol–water partition coefficient (Wildman–Crippen LogP) is 6.18. The molecule has 0 bridgehead atoms. The van der Waals surface area contributed by atoms with Crippen LogP contribution in [0.3, 0.4) is 0 Å². The number of carbonyl (C=O) groups is 1. The van der Waals surface area contributed by atoms with E-state index in [0.29, 0.717) is 11.8 Å². The van der Waals surface area contributed by atoms with E-state index < -0.39 is 5.97 Å². The molecule has 2 atom stereocenters. The standard InChI is InChI=1S/C31H41N3O3/c1-37-28-10-11-30-29(22-28)26(15-19-33-30)8-5-7-25-16-21-34(23-27(25)9-12-31(35)36)20-4-2-3-6-24-13-17-32-18-14-24/h10-11,13-15,17-19,22,25,27H,2-9,12,16,20-21,23H2,1H3,(H,35,36). The molecule has 0 amide bonds. The number of pyridine rings is 2. The molecule has 1 saturated heterocycles. The molecule has 198 valence electrons. The number of carboxylic acid groups (broad SMARTS) is 1. The number of hydrogen-bond donors (Lipinski definition) is 1. The molecule has 2 unspecified atom stereocenters. The second-order valence-electron chi connectivity index (χ2n) is 10.5. The van der Waals surface area contributed by atoms with Gasteiger partial charge in [-0.3, -0.25) is 14.8 Å². The minimum atomic E-state index is -0.677. The Labute approximate surface area is 221 Å². The number of aromatic nitrogens is 2. The van der Waals surface area contributed by atoms with E-state index in [2.05, 4.69) is 39.1 Å². The van der Waals surface area contributed by atoms with Crippen LogP contribution in [0.2, 0.25) is 0 Å². The Morgan fingerprint density at radius 3 is 2.68 bits per heavy atom. The molecule has 6 nitrogen and oxygen atoms in total. The molecule has 6 heteroatoms. The van der Waals surface area contributed by atoms with Gasteiger partial charge < -0.3 is 14.7 Å². The Kier molecular flexibility index (Phi) is 10.3. The zero-order valence-corrected chi connectivity index (χ0v) is 22.1. The maximum Gasteiger partial charge on any atom is 0.303 e. The third-order valence-corrected chi connectivity index (χ3v) is 7.95. The SMILES string of the molecule is COc1ccc2nccc(CCCC3CCN(CCCCCc4ccncc4)CC3CCC(=O)O)c2c1. The lowest BCUT2D eigenvalue weighted by Gasteiger charge is -2.39. The first-order valence-electron chi connectivity index (χ1n) is 13.9. The van der Waals surface area contributed by atoms with Crippen molar-refractivity contribution >= 4 is 16.9 Å². The van der Waals surface area contributed by atoms with E-state index in [1.54, 1.807) is 7.11 Å². The molecule has 2 aromatic heterocycles. The molecule has 0 aliphatic carbocycles. The van der Waals surface area contributed by atoms with E-state index in [-0.39, 0.29) is 6.42 Å². The van der Waals surface area contributed by atoms with Crippen molar-refractivity contribution in [1.29, 1.82) is 0 Å². The van der Waals surface area contributed by atoms with Crippen molar-refractivity contribution in [2.75, 3.05) is 26.7 Å². The van der Waals surface area contributed by atoms with Crippen LogP contribution in [0.5, 0.6) is 5.75 Å². The van der Waals surface area contributed by atoms with Crippen LogP contribution in [0.1, 0.15) is 62.5 Å². The van der Waals surface area contributed by atoms with Crippen LogP contribution >= 0.6 is 0 Å². The van der Waals surface area contributed by atoms with Gasteiger partial charge in [0.25, 0.3) is 0 Å². The van der Waals surface area contributed by atoms with Crippen LogP contribution in [0.25, 0.3) is 10.9 Å². The first-order chi connectivity index (χ1) is 18.1. The predicted molar refractivity (Wildman–Crippen MR) is 148 cm³/mol. The number of ether oxygens (including phenoxy) is 1. The van der Waals surface area contributed by atoms with E-state index in [0.717, 1.165) is 63.0 Å². The van der Waals surface area contributed by atoms with Crippen molar-refractivity contribution < 1.29 is 14.6 Å². The molecule has 3 heterocycles. The molecule has 1 N–H and O–H groups in total. The summed E-state index contributed by atoms with van der Waals surface area (Å²) in [5.41, 5.74) is 3.69. The summed E-state index contributed by atoms with van der Waals surface area (Å²) >= 11 is 0. The van der Waals surface area contributed by atoms with Crippen molar-refractivity contribution in [2.24, 2.45) is 11.8 Å². The lowest BCUT2D eigenvalue weighted by atomic mass is 9.79. The summed E-state index contributed by atoms with van der Waals surface area (Å²) in [6.45, 7) is 3.29. The number of piperidine rings is 1. The van der Waals surface area contributed by atoms with Crippen LogP contribution in [0.15, 0.2) is 55.0 Å². The maximum absolute atomic E-state index is 11.3. The molecule has 0 saturated carbocycles. The van der Waals surface area contributed by atoms with Gasteiger partial charge in [0.2, 0.25) is 0 Å². The molecular formula is C31H41N3O3. The third-order valence-electron chi connectivity index (χ3n) is 7.95. The van der Waals surface area contributed by atoms with Crippen molar-refractivity contribution in [2.45, 2.75) is 64.2 Å². The van der Waals surface area contributed by atoms with Crippen molar-refractivity contribution in [3.8, 4) is 5.75 Å². The summed E-state index contributed by atoms with van der Waals surface area (Å²) in [6, 6.07) is 12.4. The van der Waals surface area contributed by atoms with Crippen LogP contribution in [-0.4, -0.2) is 52.7 Å². The molecule has 3 aromatic rings. The fourth-order valence-electron chi connectivity index (χ4n) is 5.85. The first-order valence-corrected chi connectivity index (χ1v) is 13.9. The molecule has 0 radical (unpaired) electrons. The van der Waals surface area contributed by atoms with Gasteiger partial charge >= 0.3 is 5.97 Å². The summed E-state index contributed by atoms with van der Waals surface area (Å²) in [5, 5.41) is 10.5. The molecule has 0 spiro atoms. The van der Waals surface area contributed by atoms with Gasteiger partial charge in [-0.2, -0.15) is 0 Å². The van der Waals surface area contributed by atoms with Crippen molar-refractivity contribution in [3.63, 3.8) is 0 Å². The quantitative estimate of drug-likeness (QED) is 0.265. The molecule has 37 heavy (non-hydrogen) atoms. The smallest absolute Gasteiger partial charge is 0.303 e. The number of methoxy groups -OCH3 is 1. The molecule has 1 fully saturated rings. The monoisotopic (exact) mass is 503 g/mol. The van der Waals surface area contributed by atoms with E-state index in [1.165, 1.54) is 42.2 Å². The number of aryl methyl sites for hydroxylation is 2. The fraction of sp³-hybridized carbons (Fsp3) is 0.516. The summed E-state index contributed by atoms with van der Waals surface area (Å²) in [4.78, 5) is 22.5. The number of aliphatic carboxylic acids is 1. The molecule has 4 rings (SSSR count). The minimum Gasteiger partial charge on any atom is -0.497 e. The number of nitrogens with zero attached hydrogens (tertiary/aromatic N) is 3. The van der Waals surface area contributed by atoms with Crippen LogP contribution in [0.4, 0.5) is 0 Å². The average Bonchev–Trinajstić information content (AvgIpc) is 2.93. The highest BCUT2D eigenvalue weighted by molar-refractivity contribution is 5.83. The van der Waals surface area contributed by atoms with E-state index in [4.69, 9.17) is 4.74 Å². The van der Waals surface area contributed by atoms with Gasteiger partial charge in [0.05, 0.1) is 12.6 Å². The van der Waals surface area contributed by atoms with Gasteiger partial charge in [0, 0.05) is 36.9 Å². The Morgan fingerprint density at radius 2 is 1.86 bits per heavy atom. The second kappa shape index (κ2) is 14.1. The topological polar surface area (TPSA) is 75.5 Å². The number of fused-ring (bicyclic) bond motifs is 1. The molecule has 1 aliphatic heterocycles. The van der Waals surface area contributed by atoms with Crippen molar-refractivity contribution in [1.82, 2.24) is 14.9 Å². The number of unbranched alkanes of at least 4 members (excludes halogenated alkanes) is 2. The van der Waals surface area contributed by atoms with E-state index in [1.807, 2.05) is 30.7 Å². The summed E-state index contributed by atoms with van der Waals surface area (Å²) in [5.74, 6) is 1.25. The summed E-state index contributed by atoms with van der Waals surface area (Å²) in [6.07, 6.45) is 15.9. The normalized spacial score (nSPS) is 18.2. The number of rotatable bonds is 14. The summed E-state index contributed by atoms with van der Waals surface area (Å²) in [7, 11) is 1.70. The van der Waals surface area contributed by atoms with Crippen LogP contribution in [-0.2, 0) is 17.6 Å². The Morgan fingerprint density at radius 1 is 1.00 bits per heavy atom. The van der Waals surface area contributed by atoms with E-state index >= 15 is 0 Å². The van der Waals surface area contributed by atoms with Crippen LogP contribution < -0.4 is 4.74 Å². The Balaban J connectivity index is 1.25. The fourth-order valence-corrected chi connectivity index (χ4v) is 5.85. The van der Waals surface area contributed by atoms with Crippen LogP contribution in [0, 0.1) is 11.8 Å². The lowest BCUT2D eigenvalue weighted by molar-refractivity contribution is -0.137.